The van der Waals surface area contributed by atoms with E-state index in [0.717, 1.165) is 35.8 Å². The largest absolute Gasteiger partial charge is 0.486 e. The van der Waals surface area contributed by atoms with E-state index in [-0.39, 0.29) is 6.03 Å². The number of carbonyl (C=O) groups is 1. The molecule has 1 saturated heterocycles. The molecule has 0 atom stereocenters. The lowest BCUT2D eigenvalue weighted by atomic mass is 10.1. The SMILES string of the molecule is Cc1ccccc1CNC(=O)N1CCN(c2ccc3c(c2)OCCO3)CC1. The monoisotopic (exact) mass is 367 g/mol. The number of fused-ring (bicyclic) bond motifs is 1. The van der Waals surface area contributed by atoms with E-state index >= 15 is 0 Å². The number of anilines is 1. The first-order chi connectivity index (χ1) is 13.2. The third-order valence-corrected chi connectivity index (χ3v) is 5.15. The summed E-state index contributed by atoms with van der Waals surface area (Å²) in [5.41, 5.74) is 3.46. The van der Waals surface area contributed by atoms with E-state index in [1.54, 1.807) is 0 Å². The van der Waals surface area contributed by atoms with Gasteiger partial charge in [0, 0.05) is 44.5 Å². The van der Waals surface area contributed by atoms with Gasteiger partial charge in [0.15, 0.2) is 11.5 Å². The van der Waals surface area contributed by atoms with Crippen molar-refractivity contribution in [3.8, 4) is 11.5 Å². The van der Waals surface area contributed by atoms with Crippen molar-refractivity contribution in [2.45, 2.75) is 13.5 Å². The zero-order valence-corrected chi connectivity index (χ0v) is 15.6. The molecule has 0 aliphatic carbocycles. The molecule has 0 saturated carbocycles. The molecule has 2 aromatic carbocycles. The van der Waals surface area contributed by atoms with Crippen molar-refractivity contribution in [1.82, 2.24) is 10.2 Å². The van der Waals surface area contributed by atoms with Gasteiger partial charge in [0.25, 0.3) is 0 Å². The number of amides is 2. The molecule has 0 spiro atoms. The van der Waals surface area contributed by atoms with Crippen LogP contribution < -0.4 is 19.7 Å². The summed E-state index contributed by atoms with van der Waals surface area (Å²) in [5.74, 6) is 1.61. The Hall–Kier alpha value is -2.89. The molecular weight excluding hydrogens is 342 g/mol. The van der Waals surface area contributed by atoms with Crippen LogP contribution in [0, 0.1) is 6.92 Å². The molecule has 4 rings (SSSR count). The highest BCUT2D eigenvalue weighted by Gasteiger charge is 2.22. The van der Waals surface area contributed by atoms with Gasteiger partial charge < -0.3 is 24.6 Å². The number of piperazine rings is 1. The van der Waals surface area contributed by atoms with Crippen LogP contribution in [0.4, 0.5) is 10.5 Å². The van der Waals surface area contributed by atoms with Gasteiger partial charge in [-0.15, -0.1) is 0 Å². The fraction of sp³-hybridized carbons (Fsp3) is 0.381. The smallest absolute Gasteiger partial charge is 0.317 e. The summed E-state index contributed by atoms with van der Waals surface area (Å²) in [5, 5.41) is 3.04. The van der Waals surface area contributed by atoms with Crippen molar-refractivity contribution in [3.05, 3.63) is 53.6 Å². The van der Waals surface area contributed by atoms with Gasteiger partial charge in [-0.25, -0.2) is 4.79 Å². The van der Waals surface area contributed by atoms with Crippen LogP contribution in [0.15, 0.2) is 42.5 Å². The van der Waals surface area contributed by atoms with Crippen LogP contribution in [0.5, 0.6) is 11.5 Å². The normalized spacial score (nSPS) is 16.2. The standard InChI is InChI=1S/C21H25N3O3/c1-16-4-2-3-5-17(16)15-22-21(25)24-10-8-23(9-11-24)18-6-7-19-20(14-18)27-13-12-26-19/h2-7,14H,8-13,15H2,1H3,(H,22,25). The summed E-state index contributed by atoms with van der Waals surface area (Å²) in [6, 6.07) is 14.2. The Kier molecular flexibility index (Phi) is 5.05. The van der Waals surface area contributed by atoms with E-state index in [2.05, 4.69) is 35.3 Å². The highest BCUT2D eigenvalue weighted by Crippen LogP contribution is 2.34. The van der Waals surface area contributed by atoms with Crippen LogP contribution in [0.1, 0.15) is 11.1 Å². The van der Waals surface area contributed by atoms with Crippen molar-refractivity contribution in [2.24, 2.45) is 0 Å². The fourth-order valence-electron chi connectivity index (χ4n) is 3.49. The second-order valence-corrected chi connectivity index (χ2v) is 6.89. The highest BCUT2D eigenvalue weighted by atomic mass is 16.6. The highest BCUT2D eigenvalue weighted by molar-refractivity contribution is 5.74. The molecule has 0 radical (unpaired) electrons. The van der Waals surface area contributed by atoms with Gasteiger partial charge in [-0.05, 0) is 30.2 Å². The van der Waals surface area contributed by atoms with Crippen molar-refractivity contribution < 1.29 is 14.3 Å². The third-order valence-electron chi connectivity index (χ3n) is 5.15. The van der Waals surface area contributed by atoms with E-state index in [9.17, 15) is 4.79 Å². The number of carbonyl (C=O) groups excluding carboxylic acids is 1. The molecule has 0 aromatic heterocycles. The minimum Gasteiger partial charge on any atom is -0.486 e. The second-order valence-electron chi connectivity index (χ2n) is 6.89. The molecule has 6 heteroatoms. The van der Waals surface area contributed by atoms with Crippen molar-refractivity contribution in [3.63, 3.8) is 0 Å². The van der Waals surface area contributed by atoms with Crippen LogP contribution in [0.2, 0.25) is 0 Å². The van der Waals surface area contributed by atoms with Crippen molar-refractivity contribution in [2.75, 3.05) is 44.3 Å². The summed E-state index contributed by atoms with van der Waals surface area (Å²) in [6.45, 7) is 6.83. The van der Waals surface area contributed by atoms with Crippen LogP contribution >= 0.6 is 0 Å². The summed E-state index contributed by atoms with van der Waals surface area (Å²) in [4.78, 5) is 16.6. The van der Waals surface area contributed by atoms with Gasteiger partial charge in [-0.3, -0.25) is 0 Å². The van der Waals surface area contributed by atoms with Crippen LogP contribution in [0.3, 0.4) is 0 Å². The summed E-state index contributed by atoms with van der Waals surface area (Å²) >= 11 is 0. The first-order valence-corrected chi connectivity index (χ1v) is 9.42. The minimum absolute atomic E-state index is 0.0000716. The zero-order valence-electron chi connectivity index (χ0n) is 15.6. The number of nitrogens with one attached hydrogen (secondary N) is 1. The molecule has 2 aliphatic heterocycles. The first kappa shape index (κ1) is 17.5. The lowest BCUT2D eigenvalue weighted by Gasteiger charge is -2.36. The topological polar surface area (TPSA) is 54.0 Å². The molecule has 1 N–H and O–H groups in total. The van der Waals surface area contributed by atoms with Gasteiger partial charge in [0.2, 0.25) is 0 Å². The number of nitrogens with zero attached hydrogens (tertiary/aromatic N) is 2. The van der Waals surface area contributed by atoms with Gasteiger partial charge in [-0.2, -0.15) is 0 Å². The predicted molar refractivity (Wildman–Crippen MR) is 105 cm³/mol. The molecule has 2 amide bonds. The molecule has 6 nitrogen and oxygen atoms in total. The number of benzene rings is 2. The molecule has 0 bridgehead atoms. The van der Waals surface area contributed by atoms with E-state index < -0.39 is 0 Å². The van der Waals surface area contributed by atoms with Gasteiger partial charge in [0.05, 0.1) is 0 Å². The number of urea groups is 1. The van der Waals surface area contributed by atoms with Gasteiger partial charge in [-0.1, -0.05) is 24.3 Å². The Morgan fingerprint density at radius 1 is 1.00 bits per heavy atom. The molecule has 1 fully saturated rings. The lowest BCUT2D eigenvalue weighted by molar-refractivity contribution is 0.171. The summed E-state index contributed by atoms with van der Waals surface area (Å²) in [6.07, 6.45) is 0. The van der Waals surface area contributed by atoms with Crippen molar-refractivity contribution in [1.29, 1.82) is 0 Å². The molecular formula is C21H25N3O3. The Labute approximate surface area is 159 Å². The Morgan fingerprint density at radius 2 is 1.74 bits per heavy atom. The molecule has 2 aromatic rings. The molecule has 2 heterocycles. The number of rotatable bonds is 3. The molecule has 27 heavy (non-hydrogen) atoms. The fourth-order valence-corrected chi connectivity index (χ4v) is 3.49. The zero-order chi connectivity index (χ0) is 18.6. The average Bonchev–Trinajstić information content (AvgIpc) is 2.73. The van der Waals surface area contributed by atoms with E-state index in [1.165, 1.54) is 5.56 Å². The first-order valence-electron chi connectivity index (χ1n) is 9.42. The minimum atomic E-state index is 0.0000716. The Balaban J connectivity index is 1.31. The second kappa shape index (κ2) is 7.78. The van der Waals surface area contributed by atoms with Gasteiger partial charge in [0.1, 0.15) is 13.2 Å². The summed E-state index contributed by atoms with van der Waals surface area (Å²) < 4.78 is 11.3. The number of ether oxygens (including phenoxy) is 2. The molecule has 0 unspecified atom stereocenters. The van der Waals surface area contributed by atoms with Gasteiger partial charge >= 0.3 is 6.03 Å². The number of hydrogen-bond acceptors (Lipinski definition) is 4. The number of aryl methyl sites for hydroxylation is 1. The molecule has 142 valence electrons. The lowest BCUT2D eigenvalue weighted by Crippen LogP contribution is -2.51. The summed E-state index contributed by atoms with van der Waals surface area (Å²) in [7, 11) is 0. The quantitative estimate of drug-likeness (QED) is 0.906. The van der Waals surface area contributed by atoms with Crippen molar-refractivity contribution >= 4 is 11.7 Å². The predicted octanol–water partition coefficient (Wildman–Crippen LogP) is 2.80. The van der Waals surface area contributed by atoms with E-state index in [1.807, 2.05) is 29.2 Å². The van der Waals surface area contributed by atoms with E-state index in [4.69, 9.17) is 9.47 Å². The van der Waals surface area contributed by atoms with E-state index in [0.29, 0.717) is 32.8 Å². The Bertz CT molecular complexity index is 816. The number of hydrogen-bond donors (Lipinski definition) is 1. The maximum absolute atomic E-state index is 12.5. The van der Waals surface area contributed by atoms with Crippen LogP contribution in [-0.2, 0) is 6.54 Å². The maximum atomic E-state index is 12.5. The maximum Gasteiger partial charge on any atom is 0.317 e. The average molecular weight is 367 g/mol. The molecule has 2 aliphatic rings. The van der Waals surface area contributed by atoms with Crippen LogP contribution in [-0.4, -0.2) is 50.3 Å². The third kappa shape index (κ3) is 3.94. The Morgan fingerprint density at radius 3 is 2.52 bits per heavy atom. The van der Waals surface area contributed by atoms with Crippen LogP contribution in [0.25, 0.3) is 0 Å².